The third-order valence-electron chi connectivity index (χ3n) is 4.00. The minimum Gasteiger partial charge on any atom is -0.366 e. The third-order valence-corrected chi connectivity index (χ3v) is 4.00. The maximum absolute atomic E-state index is 12.4. The van der Waals surface area contributed by atoms with Gasteiger partial charge >= 0.3 is 0 Å². The number of nitrogens with one attached hydrogen (secondary N) is 2. The Bertz CT molecular complexity index is 558. The van der Waals surface area contributed by atoms with Crippen LogP contribution in [0.15, 0.2) is 0 Å². The van der Waals surface area contributed by atoms with Crippen molar-refractivity contribution in [1.29, 1.82) is 0 Å². The molecule has 1 aromatic rings. The molecule has 3 heterocycles. The molecule has 0 spiro atoms. The predicted octanol–water partition coefficient (Wildman–Crippen LogP) is -0.0643. The van der Waals surface area contributed by atoms with E-state index in [0.29, 0.717) is 38.4 Å². The minimum atomic E-state index is -0.394. The highest BCUT2D eigenvalue weighted by Crippen LogP contribution is 2.21. The summed E-state index contributed by atoms with van der Waals surface area (Å²) < 4.78 is 5.69. The van der Waals surface area contributed by atoms with Gasteiger partial charge in [-0.15, -0.1) is 0 Å². The highest BCUT2D eigenvalue weighted by atomic mass is 16.5. The van der Waals surface area contributed by atoms with Gasteiger partial charge in [0.2, 0.25) is 11.8 Å². The number of amides is 2. The molecule has 2 atom stereocenters. The number of carbonyl (C=O) groups excluding carboxylic acids is 2. The quantitative estimate of drug-likeness (QED) is 0.811. The summed E-state index contributed by atoms with van der Waals surface area (Å²) >= 11 is 0. The van der Waals surface area contributed by atoms with Crippen molar-refractivity contribution in [2.24, 2.45) is 0 Å². The highest BCUT2D eigenvalue weighted by Gasteiger charge is 2.34. The molecule has 3 rings (SSSR count). The van der Waals surface area contributed by atoms with Crippen molar-refractivity contribution in [3.05, 3.63) is 11.6 Å². The Balaban J connectivity index is 1.63. The Hall–Kier alpha value is -1.96. The predicted molar refractivity (Wildman–Crippen MR) is 76.8 cm³/mol. The zero-order valence-corrected chi connectivity index (χ0v) is 12.7. The summed E-state index contributed by atoms with van der Waals surface area (Å²) in [5, 5.41) is 9.82. The molecule has 2 N–H and O–H groups in total. The number of H-pyrrole nitrogens is 1. The molecule has 2 fully saturated rings. The number of rotatable bonds is 4. The van der Waals surface area contributed by atoms with Gasteiger partial charge in [-0.1, -0.05) is 6.92 Å². The molecular formula is C14H21N5O3. The summed E-state index contributed by atoms with van der Waals surface area (Å²) in [5.41, 5.74) is 0. The molecule has 8 heteroatoms. The van der Waals surface area contributed by atoms with Crippen LogP contribution in [0.25, 0.3) is 0 Å². The summed E-state index contributed by atoms with van der Waals surface area (Å²) in [4.78, 5) is 29.9. The first kappa shape index (κ1) is 15.0. The fraction of sp³-hybridized carbons (Fsp3) is 0.714. The van der Waals surface area contributed by atoms with Crippen molar-refractivity contribution in [2.75, 3.05) is 19.7 Å². The lowest BCUT2D eigenvalue weighted by Crippen LogP contribution is -2.49. The van der Waals surface area contributed by atoms with E-state index in [1.54, 1.807) is 4.90 Å². The van der Waals surface area contributed by atoms with Crippen LogP contribution in [-0.2, 0) is 20.7 Å². The van der Waals surface area contributed by atoms with Crippen LogP contribution in [0.5, 0.6) is 0 Å². The standard InChI is InChI=1S/C14H21N5O3/c1-2-3-11-16-13(18-17-11)10-8-19(6-7-22-10)14(21)9-4-5-12(20)15-9/h9-10H,2-8H2,1H3,(H,15,20)(H,16,17,18). The molecule has 0 radical (unpaired) electrons. The number of hydrogen-bond acceptors (Lipinski definition) is 5. The lowest BCUT2D eigenvalue weighted by atomic mass is 10.1. The van der Waals surface area contributed by atoms with Gasteiger partial charge in [-0.05, 0) is 12.8 Å². The van der Waals surface area contributed by atoms with Crippen LogP contribution < -0.4 is 5.32 Å². The van der Waals surface area contributed by atoms with Gasteiger partial charge in [-0.25, -0.2) is 4.98 Å². The minimum absolute atomic E-state index is 0.0385. The summed E-state index contributed by atoms with van der Waals surface area (Å²) in [5.74, 6) is 1.34. The second-order valence-electron chi connectivity index (χ2n) is 5.69. The first-order valence-electron chi connectivity index (χ1n) is 7.78. The molecule has 2 aliphatic rings. The number of ether oxygens (including phenoxy) is 1. The fourth-order valence-electron chi connectivity index (χ4n) is 2.83. The van der Waals surface area contributed by atoms with E-state index >= 15 is 0 Å². The van der Waals surface area contributed by atoms with E-state index in [4.69, 9.17) is 4.74 Å². The van der Waals surface area contributed by atoms with Crippen molar-refractivity contribution < 1.29 is 14.3 Å². The Morgan fingerprint density at radius 1 is 1.50 bits per heavy atom. The smallest absolute Gasteiger partial charge is 0.245 e. The van der Waals surface area contributed by atoms with Crippen LogP contribution in [0, 0.1) is 0 Å². The van der Waals surface area contributed by atoms with Gasteiger partial charge in [0.1, 0.15) is 18.0 Å². The van der Waals surface area contributed by atoms with Crippen LogP contribution in [0.2, 0.25) is 0 Å². The van der Waals surface area contributed by atoms with Gasteiger partial charge in [0, 0.05) is 19.4 Å². The van der Waals surface area contributed by atoms with E-state index in [2.05, 4.69) is 27.4 Å². The molecule has 2 saturated heterocycles. The molecular weight excluding hydrogens is 286 g/mol. The number of carbonyl (C=O) groups is 2. The van der Waals surface area contributed by atoms with Gasteiger partial charge in [-0.2, -0.15) is 5.10 Å². The van der Waals surface area contributed by atoms with Crippen molar-refractivity contribution in [1.82, 2.24) is 25.4 Å². The van der Waals surface area contributed by atoms with E-state index in [9.17, 15) is 9.59 Å². The van der Waals surface area contributed by atoms with Crippen LogP contribution >= 0.6 is 0 Å². The van der Waals surface area contributed by atoms with Crippen LogP contribution in [0.3, 0.4) is 0 Å². The summed E-state index contributed by atoms with van der Waals surface area (Å²) in [6.45, 7) is 3.49. The van der Waals surface area contributed by atoms with Gasteiger partial charge < -0.3 is 15.0 Å². The van der Waals surface area contributed by atoms with Crippen molar-refractivity contribution in [3.63, 3.8) is 0 Å². The van der Waals surface area contributed by atoms with Crippen molar-refractivity contribution in [2.45, 2.75) is 44.8 Å². The first-order valence-corrected chi connectivity index (χ1v) is 7.78. The highest BCUT2D eigenvalue weighted by molar-refractivity contribution is 5.90. The summed E-state index contributed by atoms with van der Waals surface area (Å²) in [6.07, 6.45) is 2.52. The van der Waals surface area contributed by atoms with Crippen LogP contribution in [-0.4, -0.2) is 57.6 Å². The lowest BCUT2D eigenvalue weighted by Gasteiger charge is -2.33. The molecule has 120 valence electrons. The number of aromatic nitrogens is 3. The summed E-state index contributed by atoms with van der Waals surface area (Å²) in [6, 6.07) is -0.394. The van der Waals surface area contributed by atoms with Crippen LogP contribution in [0.4, 0.5) is 0 Å². The summed E-state index contributed by atoms with van der Waals surface area (Å²) in [7, 11) is 0. The molecule has 0 aromatic carbocycles. The number of aryl methyl sites for hydroxylation is 1. The molecule has 8 nitrogen and oxygen atoms in total. The van der Waals surface area contributed by atoms with Crippen molar-refractivity contribution >= 4 is 11.8 Å². The lowest BCUT2D eigenvalue weighted by molar-refractivity contribution is -0.142. The maximum atomic E-state index is 12.4. The second kappa shape index (κ2) is 6.43. The molecule has 0 aliphatic carbocycles. The molecule has 0 bridgehead atoms. The number of aromatic amines is 1. The normalized spacial score (nSPS) is 25.3. The van der Waals surface area contributed by atoms with E-state index in [1.165, 1.54) is 0 Å². The zero-order valence-electron chi connectivity index (χ0n) is 12.7. The Labute approximate surface area is 128 Å². The fourth-order valence-corrected chi connectivity index (χ4v) is 2.83. The van der Waals surface area contributed by atoms with Gasteiger partial charge in [-0.3, -0.25) is 14.7 Å². The Morgan fingerprint density at radius 2 is 2.36 bits per heavy atom. The number of morpholine rings is 1. The SMILES string of the molecule is CCCc1nc(C2CN(C(=O)C3CCC(=O)N3)CCO2)n[nH]1. The van der Waals surface area contributed by atoms with E-state index in [1.807, 2.05) is 0 Å². The van der Waals surface area contributed by atoms with E-state index in [-0.39, 0.29) is 17.9 Å². The molecule has 1 aromatic heterocycles. The third kappa shape index (κ3) is 3.11. The van der Waals surface area contributed by atoms with E-state index < -0.39 is 6.04 Å². The maximum Gasteiger partial charge on any atom is 0.245 e. The zero-order chi connectivity index (χ0) is 15.5. The average molecular weight is 307 g/mol. The number of nitrogens with zero attached hydrogens (tertiary/aromatic N) is 3. The van der Waals surface area contributed by atoms with Crippen molar-refractivity contribution in [3.8, 4) is 0 Å². The Morgan fingerprint density at radius 3 is 3.09 bits per heavy atom. The van der Waals surface area contributed by atoms with Gasteiger partial charge in [0.15, 0.2) is 5.82 Å². The molecule has 0 saturated carbocycles. The average Bonchev–Trinajstić information content (AvgIpc) is 3.16. The monoisotopic (exact) mass is 307 g/mol. The second-order valence-corrected chi connectivity index (χ2v) is 5.69. The largest absolute Gasteiger partial charge is 0.366 e. The van der Waals surface area contributed by atoms with Crippen LogP contribution in [0.1, 0.15) is 43.9 Å². The van der Waals surface area contributed by atoms with E-state index in [0.717, 1.165) is 18.7 Å². The Kier molecular flexibility index (Phi) is 4.37. The molecule has 22 heavy (non-hydrogen) atoms. The molecule has 2 unspecified atom stereocenters. The molecule has 2 aliphatic heterocycles. The van der Waals surface area contributed by atoms with Gasteiger partial charge in [0.05, 0.1) is 13.2 Å². The first-order chi connectivity index (χ1) is 10.7. The topological polar surface area (TPSA) is 100 Å². The number of hydrogen-bond donors (Lipinski definition) is 2. The van der Waals surface area contributed by atoms with Gasteiger partial charge in [0.25, 0.3) is 0 Å². The molecule has 2 amide bonds.